The summed E-state index contributed by atoms with van der Waals surface area (Å²) in [6.07, 6.45) is 0. The number of benzene rings is 2. The zero-order valence-corrected chi connectivity index (χ0v) is 18.7. The minimum Gasteiger partial charge on any atom is -0.497 e. The number of halogens is 1. The average Bonchev–Trinajstić information content (AvgIpc) is 3.39. The Labute approximate surface area is 186 Å². The van der Waals surface area contributed by atoms with E-state index in [1.54, 1.807) is 32.4 Å². The molecule has 4 rings (SSSR count). The molecule has 31 heavy (non-hydrogen) atoms. The number of carbonyl (C=O) groups excluding carboxylic acids is 1. The summed E-state index contributed by atoms with van der Waals surface area (Å²) in [4.78, 5) is 17.9. The molecule has 9 heteroatoms. The van der Waals surface area contributed by atoms with Crippen LogP contribution in [0.3, 0.4) is 0 Å². The second-order valence-electron chi connectivity index (χ2n) is 6.51. The number of methoxy groups -OCH3 is 3. The standard InChI is InChI=1S/C22H19FN2O4S2/c1-27-10-14-19-15(23)5-4-6-18(19)31-20(14)21(26)25-22-24-16(11-30-22)13-8-7-12(28-2)9-17(13)29-3/h4-9,11H,10H2,1-3H3,(H,24,25,26). The summed E-state index contributed by atoms with van der Waals surface area (Å²) in [5.74, 6) is 0.565. The zero-order chi connectivity index (χ0) is 22.0. The molecule has 0 saturated carbocycles. The number of nitrogens with one attached hydrogen (secondary N) is 1. The van der Waals surface area contributed by atoms with E-state index < -0.39 is 0 Å². The van der Waals surface area contributed by atoms with Gasteiger partial charge in [0.2, 0.25) is 0 Å². The van der Waals surface area contributed by atoms with Crippen LogP contribution in [-0.4, -0.2) is 32.2 Å². The van der Waals surface area contributed by atoms with Gasteiger partial charge in [-0.05, 0) is 24.3 Å². The number of thiophene rings is 1. The highest BCUT2D eigenvalue weighted by Gasteiger charge is 2.22. The van der Waals surface area contributed by atoms with Crippen molar-refractivity contribution in [1.82, 2.24) is 4.98 Å². The molecular formula is C22H19FN2O4S2. The van der Waals surface area contributed by atoms with E-state index in [1.807, 2.05) is 17.5 Å². The molecule has 0 aliphatic carbocycles. The Kier molecular flexibility index (Phi) is 6.17. The van der Waals surface area contributed by atoms with Crippen molar-refractivity contribution in [2.24, 2.45) is 0 Å². The van der Waals surface area contributed by atoms with E-state index in [0.29, 0.717) is 42.9 Å². The number of anilines is 1. The molecule has 6 nitrogen and oxygen atoms in total. The molecule has 0 spiro atoms. The maximum atomic E-state index is 14.4. The summed E-state index contributed by atoms with van der Waals surface area (Å²) in [6, 6.07) is 10.2. The second-order valence-corrected chi connectivity index (χ2v) is 8.42. The van der Waals surface area contributed by atoms with Gasteiger partial charge in [0, 0.05) is 39.8 Å². The molecule has 0 atom stereocenters. The van der Waals surface area contributed by atoms with E-state index in [2.05, 4.69) is 10.3 Å². The zero-order valence-electron chi connectivity index (χ0n) is 17.0. The van der Waals surface area contributed by atoms with Crippen molar-refractivity contribution < 1.29 is 23.4 Å². The monoisotopic (exact) mass is 458 g/mol. The highest BCUT2D eigenvalue weighted by molar-refractivity contribution is 7.21. The molecule has 2 aromatic heterocycles. The van der Waals surface area contributed by atoms with E-state index >= 15 is 0 Å². The van der Waals surface area contributed by atoms with Crippen molar-refractivity contribution in [1.29, 1.82) is 0 Å². The van der Waals surface area contributed by atoms with Gasteiger partial charge >= 0.3 is 0 Å². The summed E-state index contributed by atoms with van der Waals surface area (Å²) >= 11 is 2.52. The molecule has 0 aliphatic rings. The van der Waals surface area contributed by atoms with Gasteiger partial charge in [0.05, 0.1) is 31.4 Å². The Morgan fingerprint density at radius 1 is 1.16 bits per heavy atom. The number of amides is 1. The van der Waals surface area contributed by atoms with Gasteiger partial charge in [0.15, 0.2) is 5.13 Å². The number of hydrogen-bond acceptors (Lipinski definition) is 7. The minimum absolute atomic E-state index is 0.135. The Morgan fingerprint density at radius 3 is 2.74 bits per heavy atom. The van der Waals surface area contributed by atoms with Crippen LogP contribution in [0.5, 0.6) is 11.5 Å². The lowest BCUT2D eigenvalue weighted by Gasteiger charge is -2.08. The number of hydrogen-bond donors (Lipinski definition) is 1. The molecule has 0 saturated heterocycles. The van der Waals surface area contributed by atoms with Crippen molar-refractivity contribution in [3.05, 3.63) is 58.0 Å². The van der Waals surface area contributed by atoms with E-state index in [9.17, 15) is 9.18 Å². The number of rotatable bonds is 7. The molecule has 160 valence electrons. The predicted octanol–water partition coefficient (Wildman–Crippen LogP) is 5.58. The summed E-state index contributed by atoms with van der Waals surface area (Å²) in [7, 11) is 4.68. The Hall–Kier alpha value is -3.01. The maximum Gasteiger partial charge on any atom is 0.267 e. The van der Waals surface area contributed by atoms with Crippen LogP contribution >= 0.6 is 22.7 Å². The third kappa shape index (κ3) is 4.12. The van der Waals surface area contributed by atoms with Gasteiger partial charge in [0.1, 0.15) is 17.3 Å². The van der Waals surface area contributed by atoms with E-state index in [0.717, 1.165) is 5.56 Å². The molecule has 1 amide bonds. The van der Waals surface area contributed by atoms with Crippen LogP contribution in [0.1, 0.15) is 15.2 Å². The first kappa shape index (κ1) is 21.2. The molecule has 1 N–H and O–H groups in total. The van der Waals surface area contributed by atoms with Crippen LogP contribution in [0.4, 0.5) is 9.52 Å². The van der Waals surface area contributed by atoms with Crippen LogP contribution in [0, 0.1) is 5.82 Å². The van der Waals surface area contributed by atoms with Gasteiger partial charge in [-0.1, -0.05) is 6.07 Å². The second kappa shape index (κ2) is 9.01. The molecule has 4 aromatic rings. The van der Waals surface area contributed by atoms with Crippen molar-refractivity contribution >= 4 is 43.8 Å². The number of carbonyl (C=O) groups is 1. The first-order chi connectivity index (χ1) is 15.0. The quantitative estimate of drug-likeness (QED) is 0.392. The predicted molar refractivity (Wildman–Crippen MR) is 121 cm³/mol. The van der Waals surface area contributed by atoms with Gasteiger partial charge in [-0.25, -0.2) is 9.37 Å². The summed E-state index contributed by atoms with van der Waals surface area (Å²) in [5, 5.41) is 5.51. The Balaban J connectivity index is 1.63. The summed E-state index contributed by atoms with van der Waals surface area (Å²) < 4.78 is 31.0. The number of aromatic nitrogens is 1. The molecule has 2 aromatic carbocycles. The number of thiazole rings is 1. The number of ether oxygens (including phenoxy) is 3. The van der Waals surface area contributed by atoms with Crippen LogP contribution < -0.4 is 14.8 Å². The van der Waals surface area contributed by atoms with Gasteiger partial charge in [-0.15, -0.1) is 22.7 Å². The third-order valence-corrected chi connectivity index (χ3v) is 6.62. The topological polar surface area (TPSA) is 69.7 Å². The SMILES string of the molecule is COCc1c(C(=O)Nc2nc(-c3ccc(OC)cc3OC)cs2)sc2cccc(F)c12. The van der Waals surface area contributed by atoms with Crippen LogP contribution in [-0.2, 0) is 11.3 Å². The fourth-order valence-electron chi connectivity index (χ4n) is 3.25. The van der Waals surface area contributed by atoms with E-state index in [1.165, 1.54) is 35.8 Å². The fraction of sp³-hybridized carbons (Fsp3) is 0.182. The molecule has 2 heterocycles. The van der Waals surface area contributed by atoms with Crippen molar-refractivity contribution in [2.75, 3.05) is 26.6 Å². The first-order valence-corrected chi connectivity index (χ1v) is 10.9. The highest BCUT2D eigenvalue weighted by Crippen LogP contribution is 2.36. The molecule has 0 aliphatic heterocycles. The van der Waals surface area contributed by atoms with Gasteiger partial charge in [-0.2, -0.15) is 0 Å². The molecular weight excluding hydrogens is 439 g/mol. The van der Waals surface area contributed by atoms with Crippen LogP contribution in [0.15, 0.2) is 41.8 Å². The van der Waals surface area contributed by atoms with Gasteiger partial charge in [0.25, 0.3) is 5.91 Å². The molecule has 0 bridgehead atoms. The van der Waals surface area contributed by atoms with Gasteiger partial charge < -0.3 is 14.2 Å². The largest absolute Gasteiger partial charge is 0.497 e. The van der Waals surface area contributed by atoms with Crippen molar-refractivity contribution in [2.45, 2.75) is 6.61 Å². The maximum absolute atomic E-state index is 14.4. The lowest BCUT2D eigenvalue weighted by atomic mass is 10.1. The van der Waals surface area contributed by atoms with Crippen molar-refractivity contribution in [3.63, 3.8) is 0 Å². The average molecular weight is 459 g/mol. The van der Waals surface area contributed by atoms with E-state index in [-0.39, 0.29) is 18.3 Å². The summed E-state index contributed by atoms with van der Waals surface area (Å²) in [6.45, 7) is 0.135. The third-order valence-electron chi connectivity index (χ3n) is 4.67. The molecule has 0 unspecified atom stereocenters. The van der Waals surface area contributed by atoms with Gasteiger partial charge in [-0.3, -0.25) is 10.1 Å². The molecule has 0 fully saturated rings. The lowest BCUT2D eigenvalue weighted by molar-refractivity contribution is 0.102. The summed E-state index contributed by atoms with van der Waals surface area (Å²) in [5.41, 5.74) is 1.98. The van der Waals surface area contributed by atoms with Crippen molar-refractivity contribution in [3.8, 4) is 22.8 Å². The van der Waals surface area contributed by atoms with Crippen LogP contribution in [0.2, 0.25) is 0 Å². The highest BCUT2D eigenvalue weighted by atomic mass is 32.1. The fourth-order valence-corrected chi connectivity index (χ4v) is 5.07. The Morgan fingerprint density at radius 2 is 2.00 bits per heavy atom. The normalized spacial score (nSPS) is 11.0. The smallest absolute Gasteiger partial charge is 0.267 e. The molecule has 0 radical (unpaired) electrons. The van der Waals surface area contributed by atoms with E-state index in [4.69, 9.17) is 14.2 Å². The lowest BCUT2D eigenvalue weighted by Crippen LogP contribution is -2.12. The minimum atomic E-state index is -0.372. The van der Waals surface area contributed by atoms with Crippen LogP contribution in [0.25, 0.3) is 21.3 Å². The Bertz CT molecular complexity index is 1250. The number of fused-ring (bicyclic) bond motifs is 1. The number of nitrogens with zero attached hydrogens (tertiary/aromatic N) is 1. The first-order valence-electron chi connectivity index (χ1n) is 9.23.